The van der Waals surface area contributed by atoms with Crippen molar-refractivity contribution in [3.05, 3.63) is 35.9 Å². The zero-order chi connectivity index (χ0) is 13.7. The van der Waals surface area contributed by atoms with Crippen molar-refractivity contribution in [2.24, 2.45) is 0 Å². The minimum atomic E-state index is -3.41. The van der Waals surface area contributed by atoms with Gasteiger partial charge in [0, 0.05) is 25.7 Å². The van der Waals surface area contributed by atoms with Crippen molar-refractivity contribution >= 4 is 10.2 Å². The molecule has 0 bridgehead atoms. The summed E-state index contributed by atoms with van der Waals surface area (Å²) in [5, 5.41) is 3.16. The molecule has 0 radical (unpaired) electrons. The second kappa shape index (κ2) is 6.47. The highest BCUT2D eigenvalue weighted by molar-refractivity contribution is 7.87. The molecule has 2 rings (SSSR count). The van der Waals surface area contributed by atoms with Gasteiger partial charge < -0.3 is 5.32 Å². The fourth-order valence-corrected chi connectivity index (χ4v) is 3.62. The van der Waals surface area contributed by atoms with E-state index < -0.39 is 10.2 Å². The summed E-state index contributed by atoms with van der Waals surface area (Å²) in [7, 11) is -3.41. The minimum absolute atomic E-state index is 0.00910. The molecule has 1 atom stereocenters. The standard InChI is InChI=1S/C13H21N3O2S/c1-2-16(11-12-6-4-3-5-7-12)19(17,18)15-13-8-9-14-10-13/h3-7,13-15H,2,8-11H2,1H3. The smallest absolute Gasteiger partial charge is 0.280 e. The lowest BCUT2D eigenvalue weighted by atomic mass is 10.2. The van der Waals surface area contributed by atoms with Crippen LogP contribution in [0.1, 0.15) is 18.9 Å². The van der Waals surface area contributed by atoms with Gasteiger partial charge in [-0.2, -0.15) is 17.4 Å². The predicted molar refractivity (Wildman–Crippen MR) is 75.9 cm³/mol. The Morgan fingerprint density at radius 2 is 2.11 bits per heavy atom. The lowest BCUT2D eigenvalue weighted by Gasteiger charge is -2.23. The van der Waals surface area contributed by atoms with Gasteiger partial charge in [-0.25, -0.2) is 0 Å². The highest BCUT2D eigenvalue weighted by atomic mass is 32.2. The molecule has 0 aromatic heterocycles. The van der Waals surface area contributed by atoms with Gasteiger partial charge in [0.25, 0.3) is 10.2 Å². The van der Waals surface area contributed by atoms with E-state index in [9.17, 15) is 8.42 Å². The van der Waals surface area contributed by atoms with Crippen molar-refractivity contribution < 1.29 is 8.42 Å². The molecule has 106 valence electrons. The number of benzene rings is 1. The van der Waals surface area contributed by atoms with E-state index in [4.69, 9.17) is 0 Å². The van der Waals surface area contributed by atoms with Crippen LogP contribution < -0.4 is 10.0 Å². The molecule has 5 nitrogen and oxygen atoms in total. The van der Waals surface area contributed by atoms with Gasteiger partial charge >= 0.3 is 0 Å². The van der Waals surface area contributed by atoms with E-state index in [1.165, 1.54) is 4.31 Å². The average Bonchev–Trinajstić information content (AvgIpc) is 2.89. The molecule has 0 aliphatic carbocycles. The van der Waals surface area contributed by atoms with Crippen LogP contribution in [0, 0.1) is 0 Å². The lowest BCUT2D eigenvalue weighted by molar-refractivity contribution is 0.408. The Bertz CT molecular complexity index is 484. The van der Waals surface area contributed by atoms with Crippen molar-refractivity contribution in [3.63, 3.8) is 0 Å². The second-order valence-electron chi connectivity index (χ2n) is 4.72. The Kier molecular flexibility index (Phi) is 4.93. The molecule has 1 aromatic carbocycles. The van der Waals surface area contributed by atoms with Crippen LogP contribution in [0.4, 0.5) is 0 Å². The molecule has 1 heterocycles. The summed E-state index contributed by atoms with van der Waals surface area (Å²) in [6.07, 6.45) is 0.849. The number of nitrogens with zero attached hydrogens (tertiary/aromatic N) is 1. The van der Waals surface area contributed by atoms with Crippen molar-refractivity contribution in [1.29, 1.82) is 0 Å². The molecule has 6 heteroatoms. The first-order valence-electron chi connectivity index (χ1n) is 6.64. The van der Waals surface area contributed by atoms with Crippen LogP contribution in [0.3, 0.4) is 0 Å². The first-order valence-corrected chi connectivity index (χ1v) is 8.08. The van der Waals surface area contributed by atoms with E-state index in [0.29, 0.717) is 19.6 Å². The second-order valence-corrected chi connectivity index (χ2v) is 6.43. The van der Waals surface area contributed by atoms with Crippen molar-refractivity contribution in [2.75, 3.05) is 19.6 Å². The maximum atomic E-state index is 12.3. The SMILES string of the molecule is CCN(Cc1ccccc1)S(=O)(=O)NC1CCNC1. The van der Waals surface area contributed by atoms with Gasteiger partial charge in [0.15, 0.2) is 0 Å². The summed E-state index contributed by atoms with van der Waals surface area (Å²) in [4.78, 5) is 0. The van der Waals surface area contributed by atoms with E-state index in [-0.39, 0.29) is 6.04 Å². The van der Waals surface area contributed by atoms with Gasteiger partial charge in [0.2, 0.25) is 0 Å². The summed E-state index contributed by atoms with van der Waals surface area (Å²) < 4.78 is 28.9. The minimum Gasteiger partial charge on any atom is -0.315 e. The highest BCUT2D eigenvalue weighted by Gasteiger charge is 2.25. The van der Waals surface area contributed by atoms with Crippen LogP contribution in [0.5, 0.6) is 0 Å². The number of nitrogens with one attached hydrogen (secondary N) is 2. The molecule has 1 fully saturated rings. The van der Waals surface area contributed by atoms with Crippen LogP contribution in [0.15, 0.2) is 30.3 Å². The van der Waals surface area contributed by atoms with Gasteiger partial charge in [-0.05, 0) is 18.5 Å². The largest absolute Gasteiger partial charge is 0.315 e. The Morgan fingerprint density at radius 3 is 2.68 bits per heavy atom. The first kappa shape index (κ1) is 14.5. The molecule has 1 saturated heterocycles. The molecule has 1 aromatic rings. The monoisotopic (exact) mass is 283 g/mol. The summed E-state index contributed by atoms with van der Waals surface area (Å²) in [6.45, 7) is 4.31. The molecule has 0 amide bonds. The Labute approximate surface area is 115 Å². The summed E-state index contributed by atoms with van der Waals surface area (Å²) in [6, 6.07) is 9.66. The fourth-order valence-electron chi connectivity index (χ4n) is 2.19. The zero-order valence-electron chi connectivity index (χ0n) is 11.2. The third-order valence-corrected chi connectivity index (χ3v) is 4.97. The van der Waals surface area contributed by atoms with Gasteiger partial charge in [-0.1, -0.05) is 37.3 Å². The summed E-state index contributed by atoms with van der Waals surface area (Å²) in [5.74, 6) is 0. The van der Waals surface area contributed by atoms with Crippen LogP contribution in [-0.4, -0.2) is 38.4 Å². The third-order valence-electron chi connectivity index (χ3n) is 3.27. The predicted octanol–water partition coefficient (Wildman–Crippen LogP) is 0.705. The van der Waals surface area contributed by atoms with Crippen LogP contribution in [0.2, 0.25) is 0 Å². The third kappa shape index (κ3) is 4.01. The topological polar surface area (TPSA) is 61.4 Å². The first-order chi connectivity index (χ1) is 9.12. The van der Waals surface area contributed by atoms with Crippen LogP contribution >= 0.6 is 0 Å². The van der Waals surface area contributed by atoms with Gasteiger partial charge in [-0.15, -0.1) is 0 Å². The maximum Gasteiger partial charge on any atom is 0.280 e. The van der Waals surface area contributed by atoms with Crippen molar-refractivity contribution in [2.45, 2.75) is 25.9 Å². The summed E-state index contributed by atoms with van der Waals surface area (Å²) in [5.41, 5.74) is 0.999. The number of hydrogen-bond acceptors (Lipinski definition) is 3. The van der Waals surface area contributed by atoms with Gasteiger partial charge in [0.1, 0.15) is 0 Å². The van der Waals surface area contributed by atoms with Crippen LogP contribution in [0.25, 0.3) is 0 Å². The van der Waals surface area contributed by atoms with Gasteiger partial charge in [0.05, 0.1) is 0 Å². The highest BCUT2D eigenvalue weighted by Crippen LogP contribution is 2.09. The van der Waals surface area contributed by atoms with E-state index in [1.54, 1.807) is 0 Å². The molecule has 1 aliphatic rings. The fraction of sp³-hybridized carbons (Fsp3) is 0.538. The molecule has 19 heavy (non-hydrogen) atoms. The van der Waals surface area contributed by atoms with Gasteiger partial charge in [-0.3, -0.25) is 0 Å². The molecule has 0 saturated carbocycles. The molecular weight excluding hydrogens is 262 g/mol. The van der Waals surface area contributed by atoms with Crippen molar-refractivity contribution in [1.82, 2.24) is 14.3 Å². The normalized spacial score (nSPS) is 20.0. The lowest BCUT2D eigenvalue weighted by Crippen LogP contribution is -2.45. The molecular formula is C13H21N3O2S. The Morgan fingerprint density at radius 1 is 1.37 bits per heavy atom. The van der Waals surface area contributed by atoms with E-state index in [1.807, 2.05) is 37.3 Å². The Hall–Kier alpha value is -0.950. The molecule has 2 N–H and O–H groups in total. The van der Waals surface area contributed by atoms with E-state index in [2.05, 4.69) is 10.0 Å². The zero-order valence-corrected chi connectivity index (χ0v) is 12.0. The molecule has 1 aliphatic heterocycles. The Balaban J connectivity index is 2.03. The van der Waals surface area contributed by atoms with E-state index >= 15 is 0 Å². The number of hydrogen-bond donors (Lipinski definition) is 2. The quantitative estimate of drug-likeness (QED) is 0.808. The average molecular weight is 283 g/mol. The maximum absolute atomic E-state index is 12.3. The molecule has 1 unspecified atom stereocenters. The van der Waals surface area contributed by atoms with E-state index in [0.717, 1.165) is 18.5 Å². The molecule has 0 spiro atoms. The van der Waals surface area contributed by atoms with Crippen LogP contribution in [-0.2, 0) is 16.8 Å². The number of rotatable bonds is 6. The van der Waals surface area contributed by atoms with Crippen molar-refractivity contribution in [3.8, 4) is 0 Å². The summed E-state index contributed by atoms with van der Waals surface area (Å²) >= 11 is 0.